The van der Waals surface area contributed by atoms with Crippen LogP contribution in [0, 0.1) is 11.3 Å². The van der Waals surface area contributed by atoms with Crippen molar-refractivity contribution in [3.63, 3.8) is 0 Å². The van der Waals surface area contributed by atoms with Crippen molar-refractivity contribution in [1.82, 2.24) is 0 Å². The number of nitriles is 1. The third-order valence-electron chi connectivity index (χ3n) is 2.12. The Labute approximate surface area is 99.9 Å². The van der Waals surface area contributed by atoms with Crippen molar-refractivity contribution >= 4 is 5.90 Å². The quantitative estimate of drug-likeness (QED) is 0.558. The molecule has 0 saturated carbocycles. The highest BCUT2D eigenvalue weighted by atomic mass is 16.5. The molecule has 1 aromatic carbocycles. The molecule has 0 heterocycles. The zero-order valence-corrected chi connectivity index (χ0v) is 9.77. The first-order valence-electron chi connectivity index (χ1n) is 4.99. The zero-order valence-electron chi connectivity index (χ0n) is 9.77. The molecule has 0 aliphatic carbocycles. The van der Waals surface area contributed by atoms with E-state index in [1.165, 1.54) is 0 Å². The van der Waals surface area contributed by atoms with Gasteiger partial charge in [-0.05, 0) is 23.6 Å². The molecule has 0 aromatic heterocycles. The molecule has 17 heavy (non-hydrogen) atoms. The molecule has 0 atom stereocenters. The molecule has 5 nitrogen and oxygen atoms in total. The molecule has 0 fully saturated rings. The van der Waals surface area contributed by atoms with Gasteiger partial charge in [-0.2, -0.15) is 5.26 Å². The van der Waals surface area contributed by atoms with E-state index in [4.69, 9.17) is 14.7 Å². The zero-order chi connectivity index (χ0) is 12.7. The minimum absolute atomic E-state index is 0.187. The third-order valence-corrected chi connectivity index (χ3v) is 2.12. The molecule has 0 amide bonds. The van der Waals surface area contributed by atoms with Gasteiger partial charge in [-0.15, -0.1) is 0 Å². The summed E-state index contributed by atoms with van der Waals surface area (Å²) < 4.78 is 10.2. The average Bonchev–Trinajstić information content (AvgIpc) is 2.36. The number of benzene rings is 1. The highest BCUT2D eigenvalue weighted by Crippen LogP contribution is 2.27. The van der Waals surface area contributed by atoms with Crippen LogP contribution in [0.25, 0.3) is 0 Å². The Kier molecular flexibility index (Phi) is 4.82. The molecule has 0 unspecified atom stereocenters. The van der Waals surface area contributed by atoms with Crippen LogP contribution in [0.1, 0.15) is 12.0 Å². The van der Waals surface area contributed by atoms with E-state index in [2.05, 4.69) is 4.99 Å². The van der Waals surface area contributed by atoms with Crippen LogP contribution in [-0.4, -0.2) is 20.1 Å². The van der Waals surface area contributed by atoms with Gasteiger partial charge in [-0.3, -0.25) is 4.99 Å². The van der Waals surface area contributed by atoms with Crippen molar-refractivity contribution in [2.75, 3.05) is 14.2 Å². The number of hydrogen-bond acceptors (Lipinski definition) is 5. The fourth-order valence-corrected chi connectivity index (χ4v) is 1.28. The van der Waals surface area contributed by atoms with E-state index < -0.39 is 5.90 Å². The fourth-order valence-electron chi connectivity index (χ4n) is 1.28. The van der Waals surface area contributed by atoms with E-state index >= 15 is 0 Å². The van der Waals surface area contributed by atoms with E-state index in [0.29, 0.717) is 11.5 Å². The Morgan fingerprint density at radius 2 is 2.06 bits per heavy atom. The predicted octanol–water partition coefficient (Wildman–Crippen LogP) is 0.876. The molecule has 0 N–H and O–H groups in total. The largest absolute Gasteiger partial charge is 0.861 e. The van der Waals surface area contributed by atoms with Gasteiger partial charge in [0.05, 0.1) is 33.3 Å². The summed E-state index contributed by atoms with van der Waals surface area (Å²) >= 11 is 0. The standard InChI is InChI=1S/C12H14N2O3/c1-16-10-4-3-9(7-11(10)17-2)8-14-12(15)5-6-13/h3-4,7H,5,8H2,1-2H3,(H,14,15)/p-1. The molecule has 1 aromatic rings. The van der Waals surface area contributed by atoms with Crippen LogP contribution in [0.2, 0.25) is 0 Å². The number of nitrogens with zero attached hydrogens (tertiary/aromatic N) is 2. The van der Waals surface area contributed by atoms with E-state index in [9.17, 15) is 5.11 Å². The van der Waals surface area contributed by atoms with Gasteiger partial charge in [0.2, 0.25) is 0 Å². The van der Waals surface area contributed by atoms with Gasteiger partial charge in [0.25, 0.3) is 0 Å². The Morgan fingerprint density at radius 3 is 2.65 bits per heavy atom. The van der Waals surface area contributed by atoms with Gasteiger partial charge < -0.3 is 14.6 Å². The van der Waals surface area contributed by atoms with Crippen LogP contribution in [0.4, 0.5) is 0 Å². The van der Waals surface area contributed by atoms with Gasteiger partial charge in [0.15, 0.2) is 11.5 Å². The number of hydrogen-bond donors (Lipinski definition) is 0. The lowest BCUT2D eigenvalue weighted by molar-refractivity contribution is -0.217. The van der Waals surface area contributed by atoms with Crippen molar-refractivity contribution in [2.45, 2.75) is 13.0 Å². The van der Waals surface area contributed by atoms with Gasteiger partial charge in [-0.1, -0.05) is 6.07 Å². The summed E-state index contributed by atoms with van der Waals surface area (Å²) in [5.74, 6) is 0.801. The maximum atomic E-state index is 11.0. The van der Waals surface area contributed by atoms with Gasteiger partial charge >= 0.3 is 0 Å². The molecule has 0 spiro atoms. The van der Waals surface area contributed by atoms with E-state index in [1.807, 2.05) is 0 Å². The monoisotopic (exact) mass is 233 g/mol. The van der Waals surface area contributed by atoms with Crippen molar-refractivity contribution in [3.05, 3.63) is 23.8 Å². The molecule has 0 aliphatic heterocycles. The first-order chi connectivity index (χ1) is 8.21. The van der Waals surface area contributed by atoms with Gasteiger partial charge in [-0.25, -0.2) is 0 Å². The average molecular weight is 233 g/mol. The Bertz CT molecular complexity index is 450. The molecule has 0 saturated heterocycles. The summed E-state index contributed by atoms with van der Waals surface area (Å²) in [5, 5.41) is 19.4. The lowest BCUT2D eigenvalue weighted by atomic mass is 10.2. The summed E-state index contributed by atoms with van der Waals surface area (Å²) in [7, 11) is 3.10. The molecule has 0 radical (unpaired) electrons. The van der Waals surface area contributed by atoms with Gasteiger partial charge in [0.1, 0.15) is 0 Å². The fraction of sp³-hybridized carbons (Fsp3) is 0.333. The SMILES string of the molecule is COc1ccc(CN=C([O-])CC#N)cc1OC. The Balaban J connectivity index is 2.80. The summed E-state index contributed by atoms with van der Waals surface area (Å²) in [4.78, 5) is 3.76. The minimum Gasteiger partial charge on any atom is -0.861 e. The highest BCUT2D eigenvalue weighted by molar-refractivity contribution is 5.73. The first kappa shape index (κ1) is 12.8. The molecule has 5 heteroatoms. The van der Waals surface area contributed by atoms with Crippen molar-refractivity contribution in [2.24, 2.45) is 4.99 Å². The first-order valence-corrected chi connectivity index (χ1v) is 4.99. The summed E-state index contributed by atoms with van der Waals surface area (Å²) in [5.41, 5.74) is 0.828. The molecule has 1 rings (SSSR count). The molecule has 0 aliphatic rings. The second kappa shape index (κ2) is 6.38. The predicted molar refractivity (Wildman–Crippen MR) is 60.9 cm³/mol. The maximum Gasteiger partial charge on any atom is 0.161 e. The lowest BCUT2D eigenvalue weighted by Gasteiger charge is -2.09. The second-order valence-corrected chi connectivity index (χ2v) is 3.23. The van der Waals surface area contributed by atoms with Crippen LogP contribution in [-0.2, 0) is 6.54 Å². The number of methoxy groups -OCH3 is 2. The van der Waals surface area contributed by atoms with Crippen LogP contribution >= 0.6 is 0 Å². The molecule has 0 bridgehead atoms. The highest BCUT2D eigenvalue weighted by Gasteiger charge is 2.03. The van der Waals surface area contributed by atoms with Crippen molar-refractivity contribution < 1.29 is 14.6 Å². The molecule has 90 valence electrons. The van der Waals surface area contributed by atoms with Crippen LogP contribution in [0.3, 0.4) is 0 Å². The van der Waals surface area contributed by atoms with Crippen molar-refractivity contribution in [1.29, 1.82) is 5.26 Å². The minimum atomic E-state index is -0.415. The van der Waals surface area contributed by atoms with Crippen LogP contribution in [0.15, 0.2) is 23.2 Å². The maximum absolute atomic E-state index is 11.0. The smallest absolute Gasteiger partial charge is 0.161 e. The third kappa shape index (κ3) is 3.68. The van der Waals surface area contributed by atoms with Crippen LogP contribution in [0.5, 0.6) is 11.5 Å². The summed E-state index contributed by atoms with van der Waals surface area (Å²) in [6.07, 6.45) is -0.187. The van der Waals surface area contributed by atoms with Crippen LogP contribution < -0.4 is 14.6 Å². The van der Waals surface area contributed by atoms with E-state index in [0.717, 1.165) is 5.56 Å². The topological polar surface area (TPSA) is 77.7 Å². The lowest BCUT2D eigenvalue weighted by Crippen LogP contribution is -2.16. The van der Waals surface area contributed by atoms with Gasteiger partial charge in [0, 0.05) is 0 Å². The van der Waals surface area contributed by atoms with E-state index in [1.54, 1.807) is 38.5 Å². The van der Waals surface area contributed by atoms with E-state index in [-0.39, 0.29) is 13.0 Å². The van der Waals surface area contributed by atoms with Crippen molar-refractivity contribution in [3.8, 4) is 17.6 Å². The number of aliphatic imine (C=N–C) groups is 1. The number of ether oxygens (including phenoxy) is 2. The normalized spacial score (nSPS) is 10.8. The number of rotatable bonds is 5. The Hall–Kier alpha value is -2.22. The second-order valence-electron chi connectivity index (χ2n) is 3.23. The Morgan fingerprint density at radius 1 is 1.35 bits per heavy atom. The molecular formula is C12H13N2O3-. The molecular weight excluding hydrogens is 220 g/mol. The summed E-state index contributed by atoms with van der Waals surface area (Å²) in [6.45, 7) is 0.237. The summed E-state index contributed by atoms with van der Waals surface area (Å²) in [6, 6.07) is 7.05.